The molecule has 0 spiro atoms. The Morgan fingerprint density at radius 3 is 2.64 bits per heavy atom. The Hall–Kier alpha value is -2.21. The molecular weight excluding hydrogens is 486 g/mol. The molecule has 0 aromatic heterocycles. The lowest BCUT2D eigenvalue weighted by molar-refractivity contribution is -0.142. The van der Waals surface area contributed by atoms with Crippen molar-refractivity contribution in [2.24, 2.45) is 23.2 Å². The van der Waals surface area contributed by atoms with Gasteiger partial charge in [0.15, 0.2) is 0 Å². The second-order valence-corrected chi connectivity index (χ2v) is 13.4. The minimum Gasteiger partial charge on any atom is -0.393 e. The van der Waals surface area contributed by atoms with Crippen molar-refractivity contribution in [1.29, 1.82) is 0 Å². The van der Waals surface area contributed by atoms with Crippen LogP contribution in [0.1, 0.15) is 84.1 Å². The van der Waals surface area contributed by atoms with E-state index in [-0.39, 0.29) is 17.4 Å². The quantitative estimate of drug-likeness (QED) is 0.438. The highest BCUT2D eigenvalue weighted by atomic mass is 16.3. The maximum absolute atomic E-state index is 13.2. The van der Waals surface area contributed by atoms with Crippen LogP contribution in [0.4, 0.5) is 0 Å². The highest BCUT2D eigenvalue weighted by molar-refractivity contribution is 5.87. The molecule has 0 radical (unpaired) electrons. The first-order chi connectivity index (χ1) is 18.5. The number of carbonyl (C=O) groups is 1. The molecule has 1 aromatic carbocycles. The Morgan fingerprint density at radius 1 is 1.15 bits per heavy atom. The number of hydrogen-bond acceptors (Lipinski definition) is 4. The van der Waals surface area contributed by atoms with Crippen LogP contribution in [0.25, 0.3) is 0 Å². The number of benzene rings is 1. The Morgan fingerprint density at radius 2 is 1.90 bits per heavy atom. The molecule has 5 nitrogen and oxygen atoms in total. The van der Waals surface area contributed by atoms with E-state index in [0.29, 0.717) is 43.6 Å². The van der Waals surface area contributed by atoms with Gasteiger partial charge in [0.2, 0.25) is 0 Å². The minimum atomic E-state index is -1.29. The third kappa shape index (κ3) is 5.55. The van der Waals surface area contributed by atoms with Gasteiger partial charge in [-0.15, -0.1) is 0 Å². The summed E-state index contributed by atoms with van der Waals surface area (Å²) in [6.45, 7) is 11.2. The molecule has 4 fully saturated rings. The standard InChI is InChI=1S/C34H47NO4/c1-22(17-27-20-34(4,39)32(38)35(27)21-24-9-6-5-7-10-24)29-14-15-30-25(11-8-16-33(29,30)3)12-13-26-18-28(36)19-31(37)23(26)2/h5-7,9-10,12-13,22,27-31,36-37,39H,2,8,11,14-21H2,1,3-4H3/b25-12-,26-13+/t22-,27+,28-,29?,30?,31+,33-,34+/m1/s1. The summed E-state index contributed by atoms with van der Waals surface area (Å²) in [5.41, 5.74) is 3.25. The van der Waals surface area contributed by atoms with Crippen LogP contribution in [0.3, 0.4) is 0 Å². The highest BCUT2D eigenvalue weighted by Crippen LogP contribution is 2.60. The minimum absolute atomic E-state index is 0.0452. The van der Waals surface area contributed by atoms with Gasteiger partial charge >= 0.3 is 0 Å². The second-order valence-electron chi connectivity index (χ2n) is 13.4. The summed E-state index contributed by atoms with van der Waals surface area (Å²) in [4.78, 5) is 15.1. The molecule has 1 heterocycles. The van der Waals surface area contributed by atoms with Gasteiger partial charge in [-0.25, -0.2) is 0 Å². The number of aliphatic hydroxyl groups excluding tert-OH is 2. The normalized spacial score (nSPS) is 39.9. The van der Waals surface area contributed by atoms with Crippen LogP contribution >= 0.6 is 0 Å². The molecular formula is C34H47NO4. The molecule has 5 heteroatoms. The van der Waals surface area contributed by atoms with Crippen molar-refractivity contribution >= 4 is 5.91 Å². The van der Waals surface area contributed by atoms with Gasteiger partial charge in [-0.05, 0) is 91.7 Å². The number of fused-ring (bicyclic) bond motifs is 1. The Bertz CT molecular complexity index is 1140. The molecule has 39 heavy (non-hydrogen) atoms. The van der Waals surface area contributed by atoms with Crippen LogP contribution < -0.4 is 0 Å². The van der Waals surface area contributed by atoms with E-state index in [4.69, 9.17) is 0 Å². The van der Waals surface area contributed by atoms with Crippen LogP contribution in [0.5, 0.6) is 0 Å². The van der Waals surface area contributed by atoms with Crippen LogP contribution in [0.15, 0.2) is 65.8 Å². The van der Waals surface area contributed by atoms with Crippen molar-refractivity contribution in [2.75, 3.05) is 0 Å². The fourth-order valence-electron chi connectivity index (χ4n) is 8.60. The summed E-state index contributed by atoms with van der Waals surface area (Å²) >= 11 is 0. The number of aliphatic hydroxyl groups is 3. The third-order valence-corrected chi connectivity index (χ3v) is 10.6. The molecule has 8 atom stereocenters. The predicted octanol–water partition coefficient (Wildman–Crippen LogP) is 5.71. The van der Waals surface area contributed by atoms with E-state index >= 15 is 0 Å². The molecule has 3 aliphatic carbocycles. The molecule has 2 unspecified atom stereocenters. The number of hydrogen-bond donors (Lipinski definition) is 3. The van der Waals surface area contributed by atoms with E-state index in [1.54, 1.807) is 6.92 Å². The number of likely N-dealkylation sites (tertiary alicyclic amines) is 1. The predicted molar refractivity (Wildman–Crippen MR) is 155 cm³/mol. The fourth-order valence-corrected chi connectivity index (χ4v) is 8.60. The van der Waals surface area contributed by atoms with Crippen LogP contribution in [-0.4, -0.2) is 50.0 Å². The largest absolute Gasteiger partial charge is 0.393 e. The van der Waals surface area contributed by atoms with Crippen LogP contribution in [-0.2, 0) is 11.3 Å². The molecule has 5 rings (SSSR count). The van der Waals surface area contributed by atoms with E-state index in [1.807, 2.05) is 23.1 Å². The molecule has 212 valence electrons. The summed E-state index contributed by atoms with van der Waals surface area (Å²) < 4.78 is 0. The number of amides is 1. The van der Waals surface area contributed by atoms with Gasteiger partial charge < -0.3 is 20.2 Å². The highest BCUT2D eigenvalue weighted by Gasteiger charge is 2.53. The number of nitrogens with zero attached hydrogens (tertiary/aromatic N) is 1. The first-order valence-electron chi connectivity index (χ1n) is 15.0. The lowest BCUT2D eigenvalue weighted by Gasteiger charge is -2.45. The number of allylic oxidation sites excluding steroid dienone is 3. The van der Waals surface area contributed by atoms with Gasteiger partial charge in [-0.2, -0.15) is 0 Å². The van der Waals surface area contributed by atoms with E-state index in [0.717, 1.165) is 29.6 Å². The van der Waals surface area contributed by atoms with E-state index in [1.165, 1.54) is 31.3 Å². The first-order valence-corrected chi connectivity index (χ1v) is 15.0. The van der Waals surface area contributed by atoms with Crippen molar-refractivity contribution in [3.63, 3.8) is 0 Å². The lowest BCUT2D eigenvalue weighted by Crippen LogP contribution is -2.40. The SMILES string of the molecule is C=C1/C(=C/C=C2/CCC[C@@]3(C)C2CCC3[C@H](C)C[C@H]2C[C@](C)(O)C(=O)N2Cc2ccccc2)C[C@@H](O)C[C@@H]1O. The zero-order valence-electron chi connectivity index (χ0n) is 24.0. The van der Waals surface area contributed by atoms with Crippen molar-refractivity contribution in [1.82, 2.24) is 4.90 Å². The topological polar surface area (TPSA) is 81.0 Å². The van der Waals surface area contributed by atoms with E-state index in [9.17, 15) is 20.1 Å². The van der Waals surface area contributed by atoms with E-state index in [2.05, 4.69) is 44.7 Å². The molecule has 3 saturated carbocycles. The van der Waals surface area contributed by atoms with Gasteiger partial charge in [-0.1, -0.05) is 68.5 Å². The molecule has 1 aliphatic heterocycles. The zero-order valence-corrected chi connectivity index (χ0v) is 24.0. The van der Waals surface area contributed by atoms with Gasteiger partial charge in [0.25, 0.3) is 5.91 Å². The van der Waals surface area contributed by atoms with Crippen molar-refractivity contribution in [3.05, 3.63) is 71.3 Å². The Balaban J connectivity index is 1.31. The van der Waals surface area contributed by atoms with Crippen molar-refractivity contribution in [2.45, 2.75) is 109 Å². The average molecular weight is 534 g/mol. The lowest BCUT2D eigenvalue weighted by atomic mass is 9.60. The van der Waals surface area contributed by atoms with Crippen LogP contribution in [0, 0.1) is 23.2 Å². The molecule has 1 aromatic rings. The Kier molecular flexibility index (Phi) is 7.98. The van der Waals surface area contributed by atoms with Gasteiger partial charge in [0.1, 0.15) is 5.60 Å². The first kappa shape index (κ1) is 28.3. The summed E-state index contributed by atoms with van der Waals surface area (Å²) in [5.74, 6) is 1.42. The summed E-state index contributed by atoms with van der Waals surface area (Å²) in [7, 11) is 0. The van der Waals surface area contributed by atoms with Gasteiger partial charge in [-0.3, -0.25) is 4.79 Å². The number of rotatable bonds is 6. The molecule has 3 N–H and O–H groups in total. The zero-order chi connectivity index (χ0) is 27.9. The van der Waals surface area contributed by atoms with Crippen molar-refractivity contribution < 1.29 is 20.1 Å². The summed E-state index contributed by atoms with van der Waals surface area (Å²) in [6.07, 6.45) is 11.4. The maximum Gasteiger partial charge on any atom is 0.254 e. The molecule has 1 amide bonds. The maximum atomic E-state index is 13.2. The fraction of sp³-hybridized carbons (Fsp3) is 0.618. The van der Waals surface area contributed by atoms with Gasteiger partial charge in [0, 0.05) is 25.4 Å². The van der Waals surface area contributed by atoms with Crippen molar-refractivity contribution in [3.8, 4) is 0 Å². The molecule has 0 bridgehead atoms. The third-order valence-electron chi connectivity index (χ3n) is 10.6. The second kappa shape index (κ2) is 11.0. The molecule has 1 saturated heterocycles. The average Bonchev–Trinajstić information content (AvgIpc) is 3.35. The van der Waals surface area contributed by atoms with E-state index < -0.39 is 17.8 Å². The van der Waals surface area contributed by atoms with Crippen LogP contribution in [0.2, 0.25) is 0 Å². The summed E-state index contributed by atoms with van der Waals surface area (Å²) in [6, 6.07) is 10.2. The summed E-state index contributed by atoms with van der Waals surface area (Å²) in [5, 5.41) is 31.3. The number of carbonyl (C=O) groups excluding carboxylic acids is 1. The monoisotopic (exact) mass is 533 g/mol. The van der Waals surface area contributed by atoms with Gasteiger partial charge in [0.05, 0.1) is 12.2 Å². The Labute approximate surface area is 234 Å². The molecule has 4 aliphatic rings. The smallest absolute Gasteiger partial charge is 0.254 e.